The van der Waals surface area contributed by atoms with Gasteiger partial charge in [-0.25, -0.2) is 4.98 Å². The highest BCUT2D eigenvalue weighted by molar-refractivity contribution is 6.42. The van der Waals surface area contributed by atoms with E-state index in [2.05, 4.69) is 10.3 Å². The fraction of sp³-hybridized carbons (Fsp3) is 0.158. The Bertz CT molecular complexity index is 889. The summed E-state index contributed by atoms with van der Waals surface area (Å²) in [7, 11) is 0. The molecule has 25 heavy (non-hydrogen) atoms. The molecule has 2 aromatic carbocycles. The zero-order valence-electron chi connectivity index (χ0n) is 13.6. The Labute approximate surface area is 155 Å². The van der Waals surface area contributed by atoms with Crippen molar-refractivity contribution in [3.63, 3.8) is 0 Å². The van der Waals surface area contributed by atoms with Crippen molar-refractivity contribution in [3.05, 3.63) is 70.2 Å². The van der Waals surface area contributed by atoms with Crippen molar-refractivity contribution in [2.45, 2.75) is 19.8 Å². The fourth-order valence-corrected chi connectivity index (χ4v) is 2.59. The summed E-state index contributed by atoms with van der Waals surface area (Å²) in [6.45, 7) is 2.03. The van der Waals surface area contributed by atoms with Crippen LogP contribution in [-0.4, -0.2) is 10.9 Å². The summed E-state index contributed by atoms with van der Waals surface area (Å²) >= 11 is 11.8. The van der Waals surface area contributed by atoms with Gasteiger partial charge in [0.1, 0.15) is 0 Å². The number of aryl methyl sites for hydroxylation is 2. The molecule has 6 heteroatoms. The number of nitrogens with one attached hydrogen (secondary N) is 1. The maximum Gasteiger partial charge on any atom is 0.224 e. The Morgan fingerprint density at radius 3 is 2.60 bits per heavy atom. The smallest absolute Gasteiger partial charge is 0.224 e. The number of halogens is 2. The van der Waals surface area contributed by atoms with Gasteiger partial charge in [-0.2, -0.15) is 0 Å². The molecule has 1 N–H and O–H groups in total. The number of anilines is 1. The SMILES string of the molecule is Cc1ccc(-c2cnc(CCC(=O)Nc3ccc(Cl)c(Cl)c3)o2)cc1. The molecule has 4 nitrogen and oxygen atoms in total. The predicted molar refractivity (Wildman–Crippen MR) is 100 cm³/mol. The molecule has 0 atom stereocenters. The molecule has 0 aliphatic carbocycles. The van der Waals surface area contributed by atoms with Crippen molar-refractivity contribution in [1.82, 2.24) is 4.98 Å². The first kappa shape index (κ1) is 17.5. The zero-order valence-corrected chi connectivity index (χ0v) is 15.1. The number of oxazole rings is 1. The minimum absolute atomic E-state index is 0.145. The number of benzene rings is 2. The molecular formula is C19H16Cl2N2O2. The molecule has 0 radical (unpaired) electrons. The van der Waals surface area contributed by atoms with Crippen LogP contribution in [0, 0.1) is 6.92 Å². The predicted octanol–water partition coefficient (Wildman–Crippen LogP) is 5.53. The molecule has 1 aromatic heterocycles. The van der Waals surface area contributed by atoms with E-state index in [0.717, 1.165) is 5.56 Å². The standard InChI is InChI=1S/C19H16Cl2N2O2/c1-12-2-4-13(5-3-12)17-11-22-19(25-17)9-8-18(24)23-14-6-7-15(20)16(21)10-14/h2-7,10-11H,8-9H2,1H3,(H,23,24). The van der Waals surface area contributed by atoms with Crippen LogP contribution in [0.3, 0.4) is 0 Å². The number of carbonyl (C=O) groups is 1. The van der Waals surface area contributed by atoms with Gasteiger partial charge in [-0.1, -0.05) is 53.0 Å². The molecule has 3 aromatic rings. The summed E-state index contributed by atoms with van der Waals surface area (Å²) in [5.41, 5.74) is 2.75. The molecule has 0 unspecified atom stereocenters. The average molecular weight is 375 g/mol. The van der Waals surface area contributed by atoms with Gasteiger partial charge in [0.05, 0.1) is 16.2 Å². The number of rotatable bonds is 5. The molecule has 0 bridgehead atoms. The molecule has 3 rings (SSSR count). The van der Waals surface area contributed by atoms with E-state index >= 15 is 0 Å². The number of hydrogen-bond acceptors (Lipinski definition) is 3. The number of amides is 1. The Hall–Kier alpha value is -2.30. The number of nitrogens with zero attached hydrogens (tertiary/aromatic N) is 1. The van der Waals surface area contributed by atoms with Crippen molar-refractivity contribution in [3.8, 4) is 11.3 Å². The molecule has 128 valence electrons. The van der Waals surface area contributed by atoms with Gasteiger partial charge in [-0.05, 0) is 25.1 Å². The minimum Gasteiger partial charge on any atom is -0.441 e. The van der Waals surface area contributed by atoms with Crippen molar-refractivity contribution in [1.29, 1.82) is 0 Å². The van der Waals surface area contributed by atoms with E-state index in [-0.39, 0.29) is 12.3 Å². The highest BCUT2D eigenvalue weighted by atomic mass is 35.5. The first-order valence-electron chi connectivity index (χ1n) is 7.78. The number of carbonyl (C=O) groups excluding carboxylic acids is 1. The first-order chi connectivity index (χ1) is 12.0. The lowest BCUT2D eigenvalue weighted by Crippen LogP contribution is -2.12. The number of aromatic nitrogens is 1. The third kappa shape index (κ3) is 4.62. The Morgan fingerprint density at radius 1 is 1.12 bits per heavy atom. The maximum absolute atomic E-state index is 12.0. The summed E-state index contributed by atoms with van der Waals surface area (Å²) in [4.78, 5) is 16.3. The Morgan fingerprint density at radius 2 is 1.88 bits per heavy atom. The normalized spacial score (nSPS) is 10.7. The summed E-state index contributed by atoms with van der Waals surface area (Å²) < 4.78 is 5.72. The lowest BCUT2D eigenvalue weighted by molar-refractivity contribution is -0.116. The van der Waals surface area contributed by atoms with Crippen LogP contribution in [0.1, 0.15) is 17.9 Å². The second-order valence-corrected chi connectivity index (χ2v) is 6.48. The largest absolute Gasteiger partial charge is 0.441 e. The van der Waals surface area contributed by atoms with E-state index in [1.165, 1.54) is 5.56 Å². The van der Waals surface area contributed by atoms with E-state index in [0.29, 0.717) is 33.8 Å². The molecule has 0 saturated heterocycles. The fourth-order valence-electron chi connectivity index (χ4n) is 2.29. The van der Waals surface area contributed by atoms with Crippen molar-refractivity contribution >= 4 is 34.8 Å². The van der Waals surface area contributed by atoms with Crippen LogP contribution >= 0.6 is 23.2 Å². The molecule has 0 spiro atoms. The summed E-state index contributed by atoms with van der Waals surface area (Å²) in [6.07, 6.45) is 2.35. The van der Waals surface area contributed by atoms with Crippen LogP contribution < -0.4 is 5.32 Å². The summed E-state index contributed by atoms with van der Waals surface area (Å²) in [6, 6.07) is 13.0. The van der Waals surface area contributed by atoms with Gasteiger partial charge in [-0.15, -0.1) is 0 Å². The zero-order chi connectivity index (χ0) is 17.8. The molecule has 0 aliphatic rings. The van der Waals surface area contributed by atoms with Gasteiger partial charge in [-0.3, -0.25) is 4.79 Å². The van der Waals surface area contributed by atoms with Crippen molar-refractivity contribution in [2.24, 2.45) is 0 Å². The van der Waals surface area contributed by atoms with E-state index in [1.54, 1.807) is 24.4 Å². The second kappa shape index (κ2) is 7.72. The highest BCUT2D eigenvalue weighted by Gasteiger charge is 2.10. The van der Waals surface area contributed by atoms with Gasteiger partial charge in [0.25, 0.3) is 0 Å². The molecular weight excluding hydrogens is 359 g/mol. The average Bonchev–Trinajstić information content (AvgIpc) is 3.06. The van der Waals surface area contributed by atoms with Crippen molar-refractivity contribution in [2.75, 3.05) is 5.32 Å². The van der Waals surface area contributed by atoms with E-state index in [1.807, 2.05) is 31.2 Å². The Balaban J connectivity index is 1.57. The number of hydrogen-bond donors (Lipinski definition) is 1. The van der Waals surface area contributed by atoms with Crippen LogP contribution in [0.2, 0.25) is 10.0 Å². The van der Waals surface area contributed by atoms with E-state index < -0.39 is 0 Å². The molecule has 0 aliphatic heterocycles. The van der Waals surface area contributed by atoms with E-state index in [9.17, 15) is 4.79 Å². The van der Waals surface area contributed by atoms with Gasteiger partial charge in [0.2, 0.25) is 5.91 Å². The molecule has 1 heterocycles. The minimum atomic E-state index is -0.145. The van der Waals surface area contributed by atoms with Gasteiger partial charge < -0.3 is 9.73 Å². The van der Waals surface area contributed by atoms with Crippen LogP contribution in [-0.2, 0) is 11.2 Å². The first-order valence-corrected chi connectivity index (χ1v) is 8.53. The van der Waals surface area contributed by atoms with Gasteiger partial charge >= 0.3 is 0 Å². The Kier molecular flexibility index (Phi) is 5.41. The lowest BCUT2D eigenvalue weighted by atomic mass is 10.1. The third-order valence-corrected chi connectivity index (χ3v) is 4.40. The van der Waals surface area contributed by atoms with Crippen LogP contribution in [0.15, 0.2) is 53.1 Å². The summed E-state index contributed by atoms with van der Waals surface area (Å²) in [5.74, 6) is 1.08. The van der Waals surface area contributed by atoms with Crippen LogP contribution in [0.5, 0.6) is 0 Å². The highest BCUT2D eigenvalue weighted by Crippen LogP contribution is 2.25. The van der Waals surface area contributed by atoms with Crippen molar-refractivity contribution < 1.29 is 9.21 Å². The topological polar surface area (TPSA) is 55.1 Å². The molecule has 1 amide bonds. The summed E-state index contributed by atoms with van der Waals surface area (Å²) in [5, 5.41) is 3.62. The van der Waals surface area contributed by atoms with Gasteiger partial charge in [0.15, 0.2) is 11.7 Å². The second-order valence-electron chi connectivity index (χ2n) is 5.66. The van der Waals surface area contributed by atoms with Crippen LogP contribution in [0.4, 0.5) is 5.69 Å². The quantitative estimate of drug-likeness (QED) is 0.638. The van der Waals surface area contributed by atoms with Crippen LogP contribution in [0.25, 0.3) is 11.3 Å². The molecule has 0 saturated carbocycles. The maximum atomic E-state index is 12.0. The molecule has 0 fully saturated rings. The lowest BCUT2D eigenvalue weighted by Gasteiger charge is -2.05. The van der Waals surface area contributed by atoms with E-state index in [4.69, 9.17) is 27.6 Å². The third-order valence-electron chi connectivity index (χ3n) is 3.66. The monoisotopic (exact) mass is 374 g/mol. The van der Waals surface area contributed by atoms with Gasteiger partial charge in [0, 0.05) is 24.1 Å².